The Bertz CT molecular complexity index is 1120. The van der Waals surface area contributed by atoms with Crippen LogP contribution >= 0.6 is 12.2 Å². The molecule has 0 heterocycles. The first-order chi connectivity index (χ1) is 16.3. The van der Waals surface area contributed by atoms with Gasteiger partial charge in [0.1, 0.15) is 5.75 Å². The number of rotatable bonds is 6. The molecule has 0 fully saturated rings. The second kappa shape index (κ2) is 10.5. The summed E-state index contributed by atoms with van der Waals surface area (Å²) in [6.45, 7) is 0.355. The number of hydrogen-bond donors (Lipinski definition) is 2. The molecule has 2 N–H and O–H groups in total. The summed E-state index contributed by atoms with van der Waals surface area (Å²) in [7, 11) is 1.68. The summed E-state index contributed by atoms with van der Waals surface area (Å²) in [6.07, 6.45) is -1.63. The normalized spacial score (nSPS) is 17.5. The van der Waals surface area contributed by atoms with E-state index >= 15 is 0 Å². The maximum absolute atomic E-state index is 12.8. The molecule has 0 saturated carbocycles. The van der Waals surface area contributed by atoms with Crippen molar-refractivity contribution in [1.82, 2.24) is 10.6 Å². The van der Waals surface area contributed by atoms with E-state index in [4.69, 9.17) is 17.0 Å². The van der Waals surface area contributed by atoms with Crippen LogP contribution in [-0.2, 0) is 25.6 Å². The lowest BCUT2D eigenvalue weighted by Gasteiger charge is -2.35. The van der Waals surface area contributed by atoms with Crippen molar-refractivity contribution in [3.05, 3.63) is 101 Å². The number of methoxy groups -OCH3 is 1. The molecule has 34 heavy (non-hydrogen) atoms. The van der Waals surface area contributed by atoms with Gasteiger partial charge in [-0.25, -0.2) is 0 Å². The number of benzene rings is 3. The minimum absolute atomic E-state index is 0.133. The highest BCUT2D eigenvalue weighted by molar-refractivity contribution is 7.80. The maximum Gasteiger partial charge on any atom is 0.416 e. The van der Waals surface area contributed by atoms with Gasteiger partial charge in [-0.05, 0) is 78.0 Å². The molecular formula is C27H27F3N2OS. The molecule has 0 spiro atoms. The lowest BCUT2D eigenvalue weighted by atomic mass is 9.76. The Morgan fingerprint density at radius 1 is 1.00 bits per heavy atom. The molecule has 0 amide bonds. The van der Waals surface area contributed by atoms with Crippen LogP contribution in [0.3, 0.4) is 0 Å². The first-order valence-electron chi connectivity index (χ1n) is 11.2. The highest BCUT2D eigenvalue weighted by Crippen LogP contribution is 2.36. The van der Waals surface area contributed by atoms with Crippen LogP contribution in [0.2, 0.25) is 0 Å². The van der Waals surface area contributed by atoms with Gasteiger partial charge >= 0.3 is 6.18 Å². The molecule has 0 saturated heterocycles. The van der Waals surface area contributed by atoms with Crippen LogP contribution in [-0.4, -0.2) is 18.3 Å². The largest absolute Gasteiger partial charge is 0.497 e. The molecule has 2 unspecified atom stereocenters. The average Bonchev–Trinajstić information content (AvgIpc) is 2.84. The first kappa shape index (κ1) is 24.1. The van der Waals surface area contributed by atoms with Crippen molar-refractivity contribution < 1.29 is 17.9 Å². The number of nitrogens with one attached hydrogen (secondary N) is 2. The van der Waals surface area contributed by atoms with Crippen LogP contribution in [0.4, 0.5) is 13.2 Å². The molecule has 2 atom stereocenters. The zero-order chi connectivity index (χ0) is 24.1. The Labute approximate surface area is 203 Å². The molecule has 3 nitrogen and oxygen atoms in total. The van der Waals surface area contributed by atoms with E-state index in [1.54, 1.807) is 7.11 Å². The number of aryl methyl sites for hydroxylation is 1. The number of ether oxygens (including phenoxy) is 1. The fraction of sp³-hybridized carbons (Fsp3) is 0.296. The van der Waals surface area contributed by atoms with Gasteiger partial charge in [0.05, 0.1) is 12.7 Å². The van der Waals surface area contributed by atoms with Crippen LogP contribution in [0.15, 0.2) is 72.8 Å². The zero-order valence-electron chi connectivity index (χ0n) is 18.9. The molecule has 0 aliphatic heterocycles. The van der Waals surface area contributed by atoms with Gasteiger partial charge in [-0.3, -0.25) is 0 Å². The minimum atomic E-state index is -4.34. The Hall–Kier alpha value is -3.06. The van der Waals surface area contributed by atoms with Crippen LogP contribution in [0.25, 0.3) is 0 Å². The third-order valence-electron chi connectivity index (χ3n) is 6.31. The van der Waals surface area contributed by atoms with Crippen molar-refractivity contribution in [3.8, 4) is 5.75 Å². The first-order valence-corrected chi connectivity index (χ1v) is 11.7. The second-order valence-electron chi connectivity index (χ2n) is 8.53. The molecule has 3 aromatic rings. The minimum Gasteiger partial charge on any atom is -0.497 e. The van der Waals surface area contributed by atoms with E-state index < -0.39 is 11.7 Å². The van der Waals surface area contributed by atoms with Crippen LogP contribution in [0.5, 0.6) is 5.75 Å². The van der Waals surface area contributed by atoms with E-state index in [9.17, 15) is 13.2 Å². The summed E-state index contributed by atoms with van der Waals surface area (Å²) < 4.78 is 43.8. The molecule has 0 radical (unpaired) electrons. The smallest absolute Gasteiger partial charge is 0.416 e. The Balaban J connectivity index is 1.45. The average molecular weight is 485 g/mol. The van der Waals surface area contributed by atoms with Crippen molar-refractivity contribution in [3.63, 3.8) is 0 Å². The summed E-state index contributed by atoms with van der Waals surface area (Å²) in [6, 6.07) is 21.9. The van der Waals surface area contributed by atoms with Gasteiger partial charge in [0, 0.05) is 18.5 Å². The number of hydrogen-bond acceptors (Lipinski definition) is 2. The summed E-state index contributed by atoms with van der Waals surface area (Å²) in [4.78, 5) is 0. The van der Waals surface area contributed by atoms with Crippen molar-refractivity contribution in [2.24, 2.45) is 0 Å². The molecular weight excluding hydrogens is 457 g/mol. The number of alkyl halides is 3. The monoisotopic (exact) mass is 484 g/mol. The number of thiocarbonyl (C=S) groups is 1. The van der Waals surface area contributed by atoms with Gasteiger partial charge in [-0.15, -0.1) is 0 Å². The zero-order valence-corrected chi connectivity index (χ0v) is 19.7. The van der Waals surface area contributed by atoms with E-state index in [1.165, 1.54) is 28.8 Å². The molecule has 0 aromatic heterocycles. The predicted molar refractivity (Wildman–Crippen MR) is 132 cm³/mol. The quantitative estimate of drug-likeness (QED) is 0.419. The van der Waals surface area contributed by atoms with Crippen molar-refractivity contribution in [1.29, 1.82) is 0 Å². The second-order valence-corrected chi connectivity index (χ2v) is 8.94. The number of fused-ring (bicyclic) bond motifs is 1. The SMILES string of the molecule is COc1ccc2c(c1)CCC(NC(=S)NCc1ccc(C(F)(F)F)cc1)C2Cc1ccccc1. The predicted octanol–water partition coefficient (Wildman–Crippen LogP) is 6.02. The maximum atomic E-state index is 12.8. The Morgan fingerprint density at radius 2 is 1.74 bits per heavy atom. The highest BCUT2D eigenvalue weighted by Gasteiger charge is 2.31. The van der Waals surface area contributed by atoms with Gasteiger partial charge in [0.2, 0.25) is 0 Å². The van der Waals surface area contributed by atoms with E-state index in [2.05, 4.69) is 34.9 Å². The summed E-state index contributed by atoms with van der Waals surface area (Å²) in [5, 5.41) is 7.12. The molecule has 1 aliphatic carbocycles. The van der Waals surface area contributed by atoms with Crippen molar-refractivity contribution in [2.75, 3.05) is 7.11 Å². The van der Waals surface area contributed by atoms with Gasteiger partial charge in [-0.2, -0.15) is 13.2 Å². The third kappa shape index (κ3) is 5.89. The van der Waals surface area contributed by atoms with Gasteiger partial charge in [0.15, 0.2) is 5.11 Å². The lowest BCUT2D eigenvalue weighted by Crippen LogP contribution is -2.46. The van der Waals surface area contributed by atoms with E-state index in [0.717, 1.165) is 42.7 Å². The standard InChI is InChI=1S/C27H27F3N2OS/c1-33-22-12-13-23-20(16-22)9-14-25(24(23)15-18-5-3-2-4-6-18)32-26(34)31-17-19-7-10-21(11-8-19)27(28,29)30/h2-8,10-13,16,24-25H,9,14-15,17H2,1H3,(H2,31,32,34). The van der Waals surface area contributed by atoms with E-state index in [0.29, 0.717) is 11.7 Å². The van der Waals surface area contributed by atoms with Gasteiger partial charge in [-0.1, -0.05) is 48.5 Å². The fourth-order valence-electron chi connectivity index (χ4n) is 4.52. The highest BCUT2D eigenvalue weighted by atomic mass is 32.1. The van der Waals surface area contributed by atoms with E-state index in [-0.39, 0.29) is 12.0 Å². The Kier molecular flexibility index (Phi) is 7.41. The molecule has 0 bridgehead atoms. The topological polar surface area (TPSA) is 33.3 Å². The summed E-state index contributed by atoms with van der Waals surface area (Å²) in [5.41, 5.74) is 3.92. The van der Waals surface area contributed by atoms with Gasteiger partial charge in [0.25, 0.3) is 0 Å². The third-order valence-corrected chi connectivity index (χ3v) is 6.57. The van der Waals surface area contributed by atoms with Crippen LogP contribution in [0.1, 0.15) is 40.2 Å². The van der Waals surface area contributed by atoms with Crippen LogP contribution < -0.4 is 15.4 Å². The number of halogens is 3. The van der Waals surface area contributed by atoms with Crippen LogP contribution in [0, 0.1) is 0 Å². The van der Waals surface area contributed by atoms with Gasteiger partial charge < -0.3 is 15.4 Å². The Morgan fingerprint density at radius 3 is 2.41 bits per heavy atom. The molecule has 1 aliphatic rings. The fourth-order valence-corrected chi connectivity index (χ4v) is 4.75. The molecule has 178 valence electrons. The molecule has 7 heteroatoms. The summed E-state index contributed by atoms with van der Waals surface area (Å²) >= 11 is 5.55. The van der Waals surface area contributed by atoms with Crippen molar-refractivity contribution in [2.45, 2.75) is 43.9 Å². The molecule has 3 aromatic carbocycles. The lowest BCUT2D eigenvalue weighted by molar-refractivity contribution is -0.137. The van der Waals surface area contributed by atoms with Crippen molar-refractivity contribution >= 4 is 17.3 Å². The summed E-state index contributed by atoms with van der Waals surface area (Å²) in [5.74, 6) is 1.08. The molecule has 4 rings (SSSR count). The van der Waals surface area contributed by atoms with E-state index in [1.807, 2.05) is 24.3 Å².